The van der Waals surface area contributed by atoms with Crippen LogP contribution in [-0.4, -0.2) is 45.1 Å². The molecule has 2 atom stereocenters. The van der Waals surface area contributed by atoms with E-state index < -0.39 is 5.60 Å². The zero-order valence-corrected chi connectivity index (χ0v) is 14.7. The van der Waals surface area contributed by atoms with Crippen molar-refractivity contribution in [2.45, 2.75) is 18.1 Å². The lowest BCUT2D eigenvalue weighted by Crippen LogP contribution is -2.52. The van der Waals surface area contributed by atoms with E-state index >= 15 is 0 Å². The number of ether oxygens (including phenoxy) is 3. The molecular formula is C20H25NO4. The van der Waals surface area contributed by atoms with Crippen LogP contribution in [0, 0.1) is 0 Å². The zero-order chi connectivity index (χ0) is 17.7. The van der Waals surface area contributed by atoms with Gasteiger partial charge in [0.05, 0.1) is 20.8 Å². The zero-order valence-electron chi connectivity index (χ0n) is 14.7. The largest absolute Gasteiger partial charge is 0.497 e. The highest BCUT2D eigenvalue weighted by atomic mass is 16.5. The van der Waals surface area contributed by atoms with Gasteiger partial charge in [-0.2, -0.15) is 0 Å². The summed E-state index contributed by atoms with van der Waals surface area (Å²) in [7, 11) is 3.26. The smallest absolute Gasteiger partial charge is 0.122 e. The van der Waals surface area contributed by atoms with Crippen molar-refractivity contribution in [1.82, 2.24) is 5.32 Å². The van der Waals surface area contributed by atoms with Crippen LogP contribution in [0.25, 0.3) is 0 Å². The summed E-state index contributed by atoms with van der Waals surface area (Å²) in [5, 5.41) is 15.0. The molecule has 2 N–H and O–H groups in total. The number of benzene rings is 2. The topological polar surface area (TPSA) is 60.0 Å². The van der Waals surface area contributed by atoms with Crippen LogP contribution in [0.4, 0.5) is 0 Å². The first-order valence-electron chi connectivity index (χ1n) is 8.48. The van der Waals surface area contributed by atoms with Crippen LogP contribution in [0.2, 0.25) is 0 Å². The molecule has 1 aliphatic rings. The van der Waals surface area contributed by atoms with E-state index in [-0.39, 0.29) is 6.10 Å². The van der Waals surface area contributed by atoms with Crippen molar-refractivity contribution >= 4 is 0 Å². The van der Waals surface area contributed by atoms with Gasteiger partial charge in [0, 0.05) is 25.1 Å². The van der Waals surface area contributed by atoms with Gasteiger partial charge < -0.3 is 24.6 Å². The molecule has 1 heterocycles. The lowest BCUT2D eigenvalue weighted by molar-refractivity contribution is -0.124. The first-order chi connectivity index (χ1) is 12.2. The number of hydrogen-bond donors (Lipinski definition) is 2. The van der Waals surface area contributed by atoms with Crippen LogP contribution in [0.5, 0.6) is 11.5 Å². The predicted molar refractivity (Wildman–Crippen MR) is 96.2 cm³/mol. The van der Waals surface area contributed by atoms with Crippen molar-refractivity contribution in [1.29, 1.82) is 0 Å². The fraction of sp³-hybridized carbons (Fsp3) is 0.400. The van der Waals surface area contributed by atoms with E-state index in [9.17, 15) is 5.11 Å². The standard InChI is InChI=1S/C20H25NO4/c1-23-17-8-9-18(24-2)15(12-17)13-20(22,16-6-4-3-5-7-16)19-14-21-10-11-25-19/h3-9,12,19,21-22H,10-11,13-14H2,1-2H3. The van der Waals surface area contributed by atoms with E-state index in [1.807, 2.05) is 48.5 Å². The molecule has 3 rings (SSSR count). The normalized spacial score (nSPS) is 19.9. The van der Waals surface area contributed by atoms with Gasteiger partial charge in [0.25, 0.3) is 0 Å². The second-order valence-corrected chi connectivity index (χ2v) is 6.21. The second-order valence-electron chi connectivity index (χ2n) is 6.21. The molecule has 25 heavy (non-hydrogen) atoms. The van der Waals surface area contributed by atoms with Crippen LogP contribution in [0.3, 0.4) is 0 Å². The second kappa shape index (κ2) is 7.87. The summed E-state index contributed by atoms with van der Waals surface area (Å²) in [6.07, 6.45) is 0.0172. The minimum absolute atomic E-state index is 0.348. The molecule has 0 spiro atoms. The fourth-order valence-electron chi connectivity index (χ4n) is 3.31. The van der Waals surface area contributed by atoms with Crippen molar-refractivity contribution in [2.24, 2.45) is 0 Å². The Balaban J connectivity index is 2.01. The molecule has 0 aromatic heterocycles. The molecule has 0 saturated carbocycles. The molecule has 5 nitrogen and oxygen atoms in total. The Kier molecular flexibility index (Phi) is 5.58. The molecule has 2 aromatic carbocycles. The summed E-state index contributed by atoms with van der Waals surface area (Å²) in [5.74, 6) is 1.45. The van der Waals surface area contributed by atoms with E-state index in [0.717, 1.165) is 29.2 Å². The minimum Gasteiger partial charge on any atom is -0.497 e. The van der Waals surface area contributed by atoms with Crippen molar-refractivity contribution in [2.75, 3.05) is 33.9 Å². The van der Waals surface area contributed by atoms with Gasteiger partial charge in [-0.15, -0.1) is 0 Å². The maximum atomic E-state index is 11.7. The predicted octanol–water partition coefficient (Wildman–Crippen LogP) is 2.12. The highest BCUT2D eigenvalue weighted by molar-refractivity contribution is 5.42. The van der Waals surface area contributed by atoms with E-state index in [1.54, 1.807) is 14.2 Å². The van der Waals surface area contributed by atoms with Gasteiger partial charge in [-0.25, -0.2) is 0 Å². The average molecular weight is 343 g/mol. The highest BCUT2D eigenvalue weighted by Crippen LogP contribution is 2.36. The Morgan fingerprint density at radius 2 is 1.96 bits per heavy atom. The molecule has 2 aromatic rings. The number of morpholine rings is 1. The van der Waals surface area contributed by atoms with Crippen LogP contribution >= 0.6 is 0 Å². The monoisotopic (exact) mass is 343 g/mol. The number of methoxy groups -OCH3 is 2. The van der Waals surface area contributed by atoms with Gasteiger partial charge in [0.15, 0.2) is 0 Å². The summed E-state index contributed by atoms with van der Waals surface area (Å²) in [6, 6.07) is 15.3. The Labute approximate surface area is 148 Å². The van der Waals surface area contributed by atoms with Gasteiger partial charge in [0.1, 0.15) is 23.2 Å². The quantitative estimate of drug-likeness (QED) is 0.841. The van der Waals surface area contributed by atoms with E-state index in [4.69, 9.17) is 14.2 Å². The molecule has 0 radical (unpaired) electrons. The third kappa shape index (κ3) is 3.79. The molecule has 0 aliphatic carbocycles. The van der Waals surface area contributed by atoms with E-state index in [2.05, 4.69) is 5.32 Å². The molecule has 5 heteroatoms. The summed E-state index contributed by atoms with van der Waals surface area (Å²) < 4.78 is 16.7. The SMILES string of the molecule is COc1ccc(OC)c(CC(O)(c2ccccc2)C2CNCCO2)c1. The number of aliphatic hydroxyl groups is 1. The summed E-state index contributed by atoms with van der Waals surface area (Å²) in [6.45, 7) is 1.97. The molecule has 0 bridgehead atoms. The van der Waals surface area contributed by atoms with Crippen LogP contribution < -0.4 is 14.8 Å². The summed E-state index contributed by atoms with van der Waals surface area (Å²) in [4.78, 5) is 0. The molecule has 1 aliphatic heterocycles. The first kappa shape index (κ1) is 17.7. The van der Waals surface area contributed by atoms with Gasteiger partial charge in [-0.3, -0.25) is 0 Å². The lowest BCUT2D eigenvalue weighted by atomic mass is 9.81. The molecule has 1 fully saturated rings. The van der Waals surface area contributed by atoms with Gasteiger partial charge in [-0.05, 0) is 23.8 Å². The third-order valence-electron chi connectivity index (χ3n) is 4.68. The van der Waals surface area contributed by atoms with Gasteiger partial charge in [0.2, 0.25) is 0 Å². The molecule has 0 amide bonds. The van der Waals surface area contributed by atoms with Crippen LogP contribution in [0.1, 0.15) is 11.1 Å². The first-order valence-corrected chi connectivity index (χ1v) is 8.48. The Morgan fingerprint density at radius 3 is 2.60 bits per heavy atom. The Morgan fingerprint density at radius 1 is 1.16 bits per heavy atom. The molecule has 2 unspecified atom stereocenters. The molecule has 1 saturated heterocycles. The lowest BCUT2D eigenvalue weighted by Gasteiger charge is -2.39. The van der Waals surface area contributed by atoms with Crippen molar-refractivity contribution < 1.29 is 19.3 Å². The summed E-state index contributed by atoms with van der Waals surface area (Å²) in [5.41, 5.74) is 0.532. The van der Waals surface area contributed by atoms with Crippen LogP contribution in [0.15, 0.2) is 48.5 Å². The number of nitrogens with one attached hydrogen (secondary N) is 1. The highest BCUT2D eigenvalue weighted by Gasteiger charge is 2.41. The number of rotatable bonds is 6. The van der Waals surface area contributed by atoms with Crippen LogP contribution in [-0.2, 0) is 16.8 Å². The summed E-state index contributed by atoms with van der Waals surface area (Å²) >= 11 is 0. The van der Waals surface area contributed by atoms with Gasteiger partial charge >= 0.3 is 0 Å². The van der Waals surface area contributed by atoms with Crippen molar-refractivity contribution in [3.8, 4) is 11.5 Å². The van der Waals surface area contributed by atoms with E-state index in [1.165, 1.54) is 0 Å². The Bertz CT molecular complexity index is 685. The van der Waals surface area contributed by atoms with E-state index in [0.29, 0.717) is 19.6 Å². The van der Waals surface area contributed by atoms with Gasteiger partial charge in [-0.1, -0.05) is 30.3 Å². The van der Waals surface area contributed by atoms with Crippen molar-refractivity contribution in [3.63, 3.8) is 0 Å². The fourth-order valence-corrected chi connectivity index (χ4v) is 3.31. The maximum Gasteiger partial charge on any atom is 0.122 e. The maximum absolute atomic E-state index is 11.7. The number of hydrogen-bond acceptors (Lipinski definition) is 5. The third-order valence-corrected chi connectivity index (χ3v) is 4.68. The Hall–Kier alpha value is -2.08. The average Bonchev–Trinajstić information content (AvgIpc) is 2.69. The molecule has 134 valence electrons. The van der Waals surface area contributed by atoms with Crippen molar-refractivity contribution in [3.05, 3.63) is 59.7 Å². The minimum atomic E-state index is -1.17. The molecular weight excluding hydrogens is 318 g/mol.